The fourth-order valence-corrected chi connectivity index (χ4v) is 2.14. The van der Waals surface area contributed by atoms with E-state index in [9.17, 15) is 0 Å². The van der Waals surface area contributed by atoms with E-state index in [1.165, 1.54) is 4.88 Å². The van der Waals surface area contributed by atoms with E-state index in [2.05, 4.69) is 22.2 Å². The third-order valence-electron chi connectivity index (χ3n) is 2.09. The van der Waals surface area contributed by atoms with Crippen molar-refractivity contribution < 1.29 is 0 Å². The SMILES string of the molecule is CNCCN(C)Cc1cnc(N(C)C)s1.Cl. The summed E-state index contributed by atoms with van der Waals surface area (Å²) < 4.78 is 0. The first kappa shape index (κ1) is 15.6. The Hall–Kier alpha value is -0.360. The van der Waals surface area contributed by atoms with Gasteiger partial charge in [-0.3, -0.25) is 4.90 Å². The first-order valence-electron chi connectivity index (χ1n) is 5.08. The lowest BCUT2D eigenvalue weighted by atomic mass is 10.4. The van der Waals surface area contributed by atoms with Crippen molar-refractivity contribution in [2.45, 2.75) is 6.54 Å². The quantitative estimate of drug-likeness (QED) is 0.839. The molecule has 1 aromatic rings. The van der Waals surface area contributed by atoms with Gasteiger partial charge in [-0.15, -0.1) is 23.7 Å². The first-order chi connectivity index (χ1) is 7.13. The third kappa shape index (κ3) is 5.12. The summed E-state index contributed by atoms with van der Waals surface area (Å²) in [7, 11) is 8.15. The highest BCUT2D eigenvalue weighted by Gasteiger charge is 2.05. The molecule has 1 rings (SSSR count). The molecular formula is C10H21ClN4S. The van der Waals surface area contributed by atoms with Gasteiger partial charge >= 0.3 is 0 Å². The number of hydrogen-bond acceptors (Lipinski definition) is 5. The highest BCUT2D eigenvalue weighted by atomic mass is 35.5. The van der Waals surface area contributed by atoms with Gasteiger partial charge in [-0.25, -0.2) is 4.98 Å². The summed E-state index contributed by atoms with van der Waals surface area (Å²) in [6, 6.07) is 0. The van der Waals surface area contributed by atoms with Crippen LogP contribution >= 0.6 is 23.7 Å². The second kappa shape index (κ2) is 7.84. The Morgan fingerprint density at radius 2 is 2.06 bits per heavy atom. The molecule has 94 valence electrons. The topological polar surface area (TPSA) is 31.4 Å². The van der Waals surface area contributed by atoms with Crippen LogP contribution < -0.4 is 10.2 Å². The maximum Gasteiger partial charge on any atom is 0.185 e. The lowest BCUT2D eigenvalue weighted by Crippen LogP contribution is -2.26. The summed E-state index contributed by atoms with van der Waals surface area (Å²) in [5, 5.41) is 4.22. The lowest BCUT2D eigenvalue weighted by Gasteiger charge is -2.14. The predicted octanol–water partition coefficient (Wildman–Crippen LogP) is 1.28. The number of anilines is 1. The van der Waals surface area contributed by atoms with E-state index in [-0.39, 0.29) is 12.4 Å². The van der Waals surface area contributed by atoms with Gasteiger partial charge in [0.2, 0.25) is 0 Å². The van der Waals surface area contributed by atoms with Crippen molar-refractivity contribution in [3.8, 4) is 0 Å². The zero-order valence-corrected chi connectivity index (χ0v) is 12.0. The number of nitrogens with one attached hydrogen (secondary N) is 1. The summed E-state index contributed by atoms with van der Waals surface area (Å²) in [6.45, 7) is 3.06. The van der Waals surface area contributed by atoms with E-state index in [4.69, 9.17) is 0 Å². The molecule has 0 aromatic carbocycles. The molecule has 1 N–H and O–H groups in total. The van der Waals surface area contributed by atoms with Gasteiger partial charge in [0, 0.05) is 44.8 Å². The predicted molar refractivity (Wildman–Crippen MR) is 73.9 cm³/mol. The van der Waals surface area contributed by atoms with Crippen LogP contribution in [0.3, 0.4) is 0 Å². The summed E-state index contributed by atoms with van der Waals surface area (Å²) in [5.41, 5.74) is 0. The van der Waals surface area contributed by atoms with Crippen molar-refractivity contribution in [2.24, 2.45) is 0 Å². The van der Waals surface area contributed by atoms with Crippen LogP contribution in [0.25, 0.3) is 0 Å². The number of aromatic nitrogens is 1. The molecule has 0 fully saturated rings. The molecule has 0 bridgehead atoms. The van der Waals surface area contributed by atoms with Crippen LogP contribution in [0.4, 0.5) is 5.13 Å². The maximum atomic E-state index is 4.35. The average molecular weight is 265 g/mol. The second-order valence-corrected chi connectivity index (χ2v) is 4.94. The lowest BCUT2D eigenvalue weighted by molar-refractivity contribution is 0.331. The van der Waals surface area contributed by atoms with Gasteiger partial charge < -0.3 is 10.2 Å². The highest BCUT2D eigenvalue weighted by Crippen LogP contribution is 2.21. The molecule has 0 aliphatic rings. The van der Waals surface area contributed by atoms with Crippen molar-refractivity contribution in [3.05, 3.63) is 11.1 Å². The Balaban J connectivity index is 0.00000225. The smallest absolute Gasteiger partial charge is 0.185 e. The number of thiazole rings is 1. The molecular weight excluding hydrogens is 244 g/mol. The standard InChI is InChI=1S/C10H20N4S.ClH/c1-11-5-6-14(4)8-9-7-12-10(15-9)13(2)3;/h7,11H,5-6,8H2,1-4H3;1H. The second-order valence-electron chi connectivity index (χ2n) is 3.84. The monoisotopic (exact) mass is 264 g/mol. The Bertz CT molecular complexity index is 290. The summed E-state index contributed by atoms with van der Waals surface area (Å²) in [4.78, 5) is 10.0. The van der Waals surface area contributed by atoms with Crippen LogP contribution in [0.15, 0.2) is 6.20 Å². The molecule has 0 amide bonds. The van der Waals surface area contributed by atoms with E-state index in [0.717, 1.165) is 24.8 Å². The van der Waals surface area contributed by atoms with Gasteiger partial charge in [-0.2, -0.15) is 0 Å². The van der Waals surface area contributed by atoms with Crippen LogP contribution in [-0.2, 0) is 6.54 Å². The molecule has 6 heteroatoms. The molecule has 0 aliphatic heterocycles. The number of rotatable bonds is 6. The van der Waals surface area contributed by atoms with E-state index in [1.54, 1.807) is 11.3 Å². The van der Waals surface area contributed by atoms with Crippen molar-refractivity contribution in [1.82, 2.24) is 15.2 Å². The van der Waals surface area contributed by atoms with E-state index in [0.29, 0.717) is 0 Å². The molecule has 0 radical (unpaired) electrons. The number of hydrogen-bond donors (Lipinski definition) is 1. The Morgan fingerprint density at radius 1 is 1.38 bits per heavy atom. The Labute approximate surface area is 108 Å². The number of halogens is 1. The minimum atomic E-state index is 0. The Morgan fingerprint density at radius 3 is 2.56 bits per heavy atom. The molecule has 16 heavy (non-hydrogen) atoms. The molecule has 4 nitrogen and oxygen atoms in total. The fraction of sp³-hybridized carbons (Fsp3) is 0.700. The molecule has 0 atom stereocenters. The fourth-order valence-electron chi connectivity index (χ4n) is 1.22. The van der Waals surface area contributed by atoms with Crippen LogP contribution in [0, 0.1) is 0 Å². The summed E-state index contributed by atoms with van der Waals surface area (Å²) in [5.74, 6) is 0. The number of nitrogens with zero attached hydrogens (tertiary/aromatic N) is 3. The molecule has 0 aliphatic carbocycles. The Kier molecular flexibility index (Phi) is 7.66. The van der Waals surface area contributed by atoms with Gasteiger partial charge in [0.05, 0.1) is 0 Å². The molecule has 0 saturated heterocycles. The average Bonchev–Trinajstić information content (AvgIpc) is 2.63. The van der Waals surface area contributed by atoms with Gasteiger partial charge in [-0.05, 0) is 14.1 Å². The zero-order valence-electron chi connectivity index (χ0n) is 10.4. The van der Waals surface area contributed by atoms with Gasteiger partial charge in [-0.1, -0.05) is 0 Å². The minimum Gasteiger partial charge on any atom is -0.354 e. The largest absolute Gasteiger partial charge is 0.354 e. The summed E-state index contributed by atoms with van der Waals surface area (Å²) in [6.07, 6.45) is 1.97. The van der Waals surface area contributed by atoms with E-state index < -0.39 is 0 Å². The van der Waals surface area contributed by atoms with Crippen molar-refractivity contribution in [3.63, 3.8) is 0 Å². The van der Waals surface area contributed by atoms with Crippen LogP contribution in [-0.4, -0.2) is 51.2 Å². The minimum absolute atomic E-state index is 0. The van der Waals surface area contributed by atoms with Crippen molar-refractivity contribution in [2.75, 3.05) is 46.2 Å². The third-order valence-corrected chi connectivity index (χ3v) is 3.24. The maximum absolute atomic E-state index is 4.35. The molecule has 0 unspecified atom stereocenters. The highest BCUT2D eigenvalue weighted by molar-refractivity contribution is 7.15. The molecule has 0 spiro atoms. The molecule has 1 heterocycles. The van der Waals surface area contributed by atoms with Crippen molar-refractivity contribution >= 4 is 28.9 Å². The first-order valence-corrected chi connectivity index (χ1v) is 5.90. The van der Waals surface area contributed by atoms with E-state index >= 15 is 0 Å². The van der Waals surface area contributed by atoms with Crippen LogP contribution in [0.5, 0.6) is 0 Å². The summed E-state index contributed by atoms with van der Waals surface area (Å²) >= 11 is 1.76. The van der Waals surface area contributed by atoms with Gasteiger partial charge in [0.25, 0.3) is 0 Å². The van der Waals surface area contributed by atoms with Crippen LogP contribution in [0.1, 0.15) is 4.88 Å². The normalized spacial score (nSPS) is 10.3. The van der Waals surface area contributed by atoms with Gasteiger partial charge in [0.15, 0.2) is 5.13 Å². The van der Waals surface area contributed by atoms with Crippen LogP contribution in [0.2, 0.25) is 0 Å². The van der Waals surface area contributed by atoms with E-state index in [1.807, 2.05) is 32.2 Å². The van der Waals surface area contributed by atoms with Crippen molar-refractivity contribution in [1.29, 1.82) is 0 Å². The molecule has 1 aromatic heterocycles. The zero-order chi connectivity index (χ0) is 11.3. The van der Waals surface area contributed by atoms with Gasteiger partial charge in [0.1, 0.15) is 0 Å². The molecule has 0 saturated carbocycles. The number of likely N-dealkylation sites (N-methyl/N-ethyl adjacent to an activating group) is 2.